The Morgan fingerprint density at radius 2 is 1.82 bits per heavy atom. The van der Waals surface area contributed by atoms with Gasteiger partial charge in [0.15, 0.2) is 5.78 Å². The van der Waals surface area contributed by atoms with Crippen LogP contribution in [0.2, 0.25) is 0 Å². The van der Waals surface area contributed by atoms with Crippen LogP contribution in [0.25, 0.3) is 22.1 Å². The number of carbonyl (C=O) groups excluding carboxylic acids is 1. The summed E-state index contributed by atoms with van der Waals surface area (Å²) in [6.45, 7) is 2.24. The zero-order valence-corrected chi connectivity index (χ0v) is 18.0. The maximum atomic E-state index is 12.9. The van der Waals surface area contributed by atoms with E-state index in [-0.39, 0.29) is 41.6 Å². The summed E-state index contributed by atoms with van der Waals surface area (Å²) in [6.07, 6.45) is 3.51. The number of nitrogens with zero attached hydrogens (tertiary/aromatic N) is 2. The lowest BCUT2D eigenvalue weighted by Gasteiger charge is -2.33. The van der Waals surface area contributed by atoms with Gasteiger partial charge in [0.25, 0.3) is 0 Å². The number of carbonyl (C=O) groups is 1. The summed E-state index contributed by atoms with van der Waals surface area (Å²) >= 11 is 0. The van der Waals surface area contributed by atoms with Crippen LogP contribution in [0.15, 0.2) is 45.6 Å². The summed E-state index contributed by atoms with van der Waals surface area (Å²) in [5, 5.41) is 21.9. The molecule has 1 fully saturated rings. The van der Waals surface area contributed by atoms with Crippen molar-refractivity contribution in [1.82, 2.24) is 4.90 Å². The van der Waals surface area contributed by atoms with E-state index in [9.17, 15) is 19.8 Å². The number of piperidine rings is 1. The Morgan fingerprint density at radius 3 is 2.64 bits per heavy atom. The molecule has 0 radical (unpaired) electrons. The molecule has 0 bridgehead atoms. The van der Waals surface area contributed by atoms with Crippen molar-refractivity contribution in [2.24, 2.45) is 0 Å². The standard InChI is InChI=1S/C24H25N3O6/c28-15-4-6-18-20(10-15)25-27(12-17(30)13-32-14-26-8-2-1-3-9-26)23-19-7-5-16(29)11-21(19)33-24(31)22(18)23/h4-7,10-11,25,28-29H,1-3,8-9,12-14H2. The first-order chi connectivity index (χ1) is 16.0. The van der Waals surface area contributed by atoms with Crippen molar-refractivity contribution >= 4 is 28.1 Å². The van der Waals surface area contributed by atoms with Crippen LogP contribution >= 0.6 is 0 Å². The minimum Gasteiger partial charge on any atom is -0.508 e. The number of benzene rings is 2. The molecule has 2 aliphatic heterocycles. The van der Waals surface area contributed by atoms with Gasteiger partial charge in [-0.2, -0.15) is 0 Å². The molecule has 172 valence electrons. The molecule has 0 unspecified atom stereocenters. The number of phenols is 2. The minimum absolute atomic E-state index is 0.0240. The number of hydrogen-bond donors (Lipinski definition) is 3. The SMILES string of the molecule is O=C(COCN1CCCCC1)CN1Nc2cc(O)ccc2-c2c1c1ccc(O)cc1oc2=O. The third-order valence-electron chi connectivity index (χ3n) is 5.98. The van der Waals surface area contributed by atoms with Crippen molar-refractivity contribution in [2.45, 2.75) is 19.3 Å². The van der Waals surface area contributed by atoms with Crippen molar-refractivity contribution in [3.63, 3.8) is 0 Å². The normalized spacial score (nSPS) is 15.7. The Morgan fingerprint density at radius 1 is 1.06 bits per heavy atom. The van der Waals surface area contributed by atoms with Gasteiger partial charge in [-0.1, -0.05) is 6.42 Å². The molecule has 0 atom stereocenters. The number of nitrogens with one attached hydrogen (secondary N) is 1. The van der Waals surface area contributed by atoms with Gasteiger partial charge in [-0.3, -0.25) is 20.1 Å². The van der Waals surface area contributed by atoms with E-state index in [0.29, 0.717) is 29.1 Å². The number of fused-ring (bicyclic) bond motifs is 5. The Kier molecular flexibility index (Phi) is 5.65. The number of Topliss-reactive ketones (excluding diaryl/α,β-unsaturated/α-hetero) is 1. The number of hydrogen-bond acceptors (Lipinski definition) is 9. The summed E-state index contributed by atoms with van der Waals surface area (Å²) < 4.78 is 11.1. The summed E-state index contributed by atoms with van der Waals surface area (Å²) in [6, 6.07) is 9.11. The summed E-state index contributed by atoms with van der Waals surface area (Å²) in [5.74, 6) is -0.182. The van der Waals surface area contributed by atoms with Gasteiger partial charge in [-0.25, -0.2) is 4.79 Å². The first kappa shape index (κ1) is 21.3. The van der Waals surface area contributed by atoms with Crippen LogP contribution < -0.4 is 16.1 Å². The highest BCUT2D eigenvalue weighted by Gasteiger charge is 2.29. The van der Waals surface area contributed by atoms with Crippen LogP contribution in [0.5, 0.6) is 11.5 Å². The lowest BCUT2D eigenvalue weighted by molar-refractivity contribution is -0.124. The van der Waals surface area contributed by atoms with Gasteiger partial charge in [0.2, 0.25) is 0 Å². The number of aromatic hydroxyl groups is 2. The van der Waals surface area contributed by atoms with E-state index in [4.69, 9.17) is 9.15 Å². The molecule has 0 spiro atoms. The maximum absolute atomic E-state index is 12.9. The minimum atomic E-state index is -0.602. The van der Waals surface area contributed by atoms with Gasteiger partial charge in [0, 0.05) is 36.2 Å². The zero-order chi connectivity index (χ0) is 22.9. The summed E-state index contributed by atoms with van der Waals surface area (Å²) in [7, 11) is 0. The summed E-state index contributed by atoms with van der Waals surface area (Å²) in [4.78, 5) is 27.9. The quantitative estimate of drug-likeness (QED) is 0.486. The van der Waals surface area contributed by atoms with E-state index in [1.807, 2.05) is 0 Å². The van der Waals surface area contributed by atoms with Gasteiger partial charge < -0.3 is 19.4 Å². The second-order valence-electron chi connectivity index (χ2n) is 8.42. The highest BCUT2D eigenvalue weighted by molar-refractivity contribution is 6.05. The first-order valence-corrected chi connectivity index (χ1v) is 11.0. The second-order valence-corrected chi connectivity index (χ2v) is 8.42. The van der Waals surface area contributed by atoms with Crippen LogP contribution in [-0.2, 0) is 9.53 Å². The highest BCUT2D eigenvalue weighted by Crippen LogP contribution is 2.43. The molecule has 0 saturated carbocycles. The fraction of sp³-hybridized carbons (Fsp3) is 0.333. The number of ether oxygens (including phenoxy) is 1. The largest absolute Gasteiger partial charge is 0.508 e. The van der Waals surface area contributed by atoms with Crippen LogP contribution in [0.1, 0.15) is 19.3 Å². The molecule has 1 aromatic heterocycles. The Hall–Kier alpha value is -3.56. The second kappa shape index (κ2) is 8.76. The molecule has 0 aliphatic carbocycles. The van der Waals surface area contributed by atoms with Crippen LogP contribution in [0.4, 0.5) is 11.4 Å². The van der Waals surface area contributed by atoms with E-state index in [1.165, 1.54) is 30.7 Å². The van der Waals surface area contributed by atoms with E-state index < -0.39 is 5.63 Å². The number of rotatable bonds is 6. The molecule has 3 aromatic rings. The lowest BCUT2D eigenvalue weighted by Crippen LogP contribution is -2.40. The third kappa shape index (κ3) is 4.24. The van der Waals surface area contributed by atoms with Gasteiger partial charge in [0.1, 0.15) is 30.2 Å². The van der Waals surface area contributed by atoms with E-state index in [1.54, 1.807) is 17.1 Å². The molecule has 0 amide bonds. The van der Waals surface area contributed by atoms with Crippen molar-refractivity contribution in [3.05, 3.63) is 46.8 Å². The van der Waals surface area contributed by atoms with Crippen LogP contribution in [0, 0.1) is 0 Å². The molecule has 33 heavy (non-hydrogen) atoms. The third-order valence-corrected chi connectivity index (χ3v) is 5.98. The van der Waals surface area contributed by atoms with Crippen LogP contribution in [-0.4, -0.2) is 53.9 Å². The Labute approximate surface area is 189 Å². The fourth-order valence-electron chi connectivity index (χ4n) is 4.45. The molecule has 1 saturated heterocycles. The number of likely N-dealkylation sites (tertiary alicyclic amines) is 1. The first-order valence-electron chi connectivity index (χ1n) is 11.0. The molecule has 2 aromatic carbocycles. The predicted octanol–water partition coefficient (Wildman–Crippen LogP) is 3.05. The molecule has 5 rings (SSSR count). The lowest BCUT2D eigenvalue weighted by atomic mass is 9.98. The monoisotopic (exact) mass is 451 g/mol. The number of ketones is 1. The van der Waals surface area contributed by atoms with Gasteiger partial charge in [-0.05, 0) is 37.1 Å². The number of phenolic OH excluding ortho intramolecular Hbond substituents is 2. The van der Waals surface area contributed by atoms with Crippen molar-refractivity contribution < 1.29 is 24.2 Å². The van der Waals surface area contributed by atoms with Crippen molar-refractivity contribution in [3.8, 4) is 22.6 Å². The zero-order valence-electron chi connectivity index (χ0n) is 18.0. The molecular weight excluding hydrogens is 426 g/mol. The highest BCUT2D eigenvalue weighted by atomic mass is 16.5. The molecule has 3 heterocycles. The molecule has 9 nitrogen and oxygen atoms in total. The van der Waals surface area contributed by atoms with Gasteiger partial charge >= 0.3 is 5.63 Å². The maximum Gasteiger partial charge on any atom is 0.346 e. The fourth-order valence-corrected chi connectivity index (χ4v) is 4.45. The predicted molar refractivity (Wildman–Crippen MR) is 123 cm³/mol. The molecule has 9 heteroatoms. The molecule has 3 N–H and O–H groups in total. The van der Waals surface area contributed by atoms with Gasteiger partial charge in [0.05, 0.1) is 23.7 Å². The Bertz CT molecular complexity index is 1270. The van der Waals surface area contributed by atoms with E-state index in [0.717, 1.165) is 25.9 Å². The van der Waals surface area contributed by atoms with Gasteiger partial charge in [-0.15, -0.1) is 0 Å². The van der Waals surface area contributed by atoms with Crippen LogP contribution in [0.3, 0.4) is 0 Å². The Balaban J connectivity index is 1.45. The molecule has 2 aliphatic rings. The average Bonchev–Trinajstić information content (AvgIpc) is 2.79. The van der Waals surface area contributed by atoms with E-state index in [2.05, 4.69) is 10.3 Å². The smallest absolute Gasteiger partial charge is 0.346 e. The van der Waals surface area contributed by atoms with E-state index >= 15 is 0 Å². The van der Waals surface area contributed by atoms with Crippen molar-refractivity contribution in [2.75, 3.05) is 43.4 Å². The number of anilines is 2. The van der Waals surface area contributed by atoms with Crippen molar-refractivity contribution in [1.29, 1.82) is 0 Å². The average molecular weight is 451 g/mol. The summed E-state index contributed by atoms with van der Waals surface area (Å²) in [5.41, 5.74) is 4.54. The molecular formula is C24H25N3O6. The number of hydrazine groups is 1. The topological polar surface area (TPSA) is 115 Å².